The highest BCUT2D eigenvalue weighted by Gasteiger charge is 2.24. The summed E-state index contributed by atoms with van der Waals surface area (Å²) in [5.74, 6) is -0.0508. The minimum Gasteiger partial charge on any atom is -0.466 e. The van der Waals surface area contributed by atoms with Crippen LogP contribution in [0.25, 0.3) is 0 Å². The number of ether oxygens (including phenoxy) is 2. The Bertz CT molecular complexity index is 456. The smallest absolute Gasteiger partial charge is 0.306 e. The first-order chi connectivity index (χ1) is 15.6. The Morgan fingerprint density at radius 3 is 1.62 bits per heavy atom. The Morgan fingerprint density at radius 2 is 1.12 bits per heavy atom. The van der Waals surface area contributed by atoms with Gasteiger partial charge < -0.3 is 9.47 Å². The summed E-state index contributed by atoms with van der Waals surface area (Å²) in [5, 5.41) is 0. The number of hydrogen-bond acceptors (Lipinski definition) is 4. The molecule has 0 aromatic heterocycles. The fraction of sp³-hybridized carbons (Fsp3) is 0.929. The molecule has 0 saturated heterocycles. The summed E-state index contributed by atoms with van der Waals surface area (Å²) in [4.78, 5) is 23.7. The van der Waals surface area contributed by atoms with Crippen LogP contribution >= 0.6 is 0 Å². The zero-order valence-electron chi connectivity index (χ0n) is 21.3. The van der Waals surface area contributed by atoms with Gasteiger partial charge in [-0.1, -0.05) is 110 Å². The molecule has 4 heteroatoms. The van der Waals surface area contributed by atoms with Crippen molar-refractivity contribution in [1.29, 1.82) is 0 Å². The predicted molar refractivity (Wildman–Crippen MR) is 133 cm³/mol. The Labute approximate surface area is 198 Å². The lowest BCUT2D eigenvalue weighted by Gasteiger charge is -2.19. The van der Waals surface area contributed by atoms with Crippen LogP contribution < -0.4 is 0 Å². The minimum atomic E-state index is -0.277. The molecule has 1 rings (SSSR count). The van der Waals surface area contributed by atoms with E-state index in [2.05, 4.69) is 6.92 Å². The topological polar surface area (TPSA) is 52.6 Å². The van der Waals surface area contributed by atoms with Crippen LogP contribution in [0.4, 0.5) is 0 Å². The Morgan fingerprint density at radius 1 is 0.688 bits per heavy atom. The quantitative estimate of drug-likeness (QED) is 0.130. The van der Waals surface area contributed by atoms with E-state index in [1.165, 1.54) is 96.3 Å². The minimum absolute atomic E-state index is 0.0265. The van der Waals surface area contributed by atoms with Crippen molar-refractivity contribution in [1.82, 2.24) is 0 Å². The van der Waals surface area contributed by atoms with E-state index < -0.39 is 0 Å². The molecule has 1 unspecified atom stereocenters. The molecule has 1 fully saturated rings. The molecular weight excluding hydrogens is 400 g/mol. The third kappa shape index (κ3) is 16.6. The number of hydrogen-bond donors (Lipinski definition) is 0. The number of esters is 2. The van der Waals surface area contributed by atoms with Gasteiger partial charge in [-0.3, -0.25) is 9.59 Å². The van der Waals surface area contributed by atoms with Gasteiger partial charge in [0.25, 0.3) is 0 Å². The summed E-state index contributed by atoms with van der Waals surface area (Å²) in [6, 6.07) is 0. The van der Waals surface area contributed by atoms with Crippen molar-refractivity contribution in [3.05, 3.63) is 0 Å². The normalized spacial score (nSPS) is 15.1. The van der Waals surface area contributed by atoms with E-state index in [4.69, 9.17) is 9.47 Å². The molecule has 0 amide bonds. The Hall–Kier alpha value is -1.06. The second-order valence-corrected chi connectivity index (χ2v) is 9.91. The molecule has 188 valence electrons. The first-order valence-corrected chi connectivity index (χ1v) is 14.0. The van der Waals surface area contributed by atoms with Gasteiger partial charge in [0.1, 0.15) is 6.10 Å². The maximum absolute atomic E-state index is 11.9. The third-order valence-electron chi connectivity index (χ3n) is 6.93. The highest BCUT2D eigenvalue weighted by atomic mass is 16.5. The van der Waals surface area contributed by atoms with Crippen molar-refractivity contribution < 1.29 is 19.1 Å². The lowest BCUT2D eigenvalue weighted by Crippen LogP contribution is -2.22. The molecule has 4 nitrogen and oxygen atoms in total. The van der Waals surface area contributed by atoms with Crippen molar-refractivity contribution in [3.63, 3.8) is 0 Å². The number of carbonyl (C=O) groups excluding carboxylic acids is 2. The highest BCUT2D eigenvalue weighted by Crippen LogP contribution is 2.29. The molecule has 1 aliphatic rings. The lowest BCUT2D eigenvalue weighted by atomic mass is 10.0. The fourth-order valence-electron chi connectivity index (χ4n) is 4.72. The van der Waals surface area contributed by atoms with Gasteiger partial charge in [0, 0.05) is 0 Å². The van der Waals surface area contributed by atoms with E-state index in [1.807, 2.05) is 6.92 Å². The van der Waals surface area contributed by atoms with Gasteiger partial charge in [-0.05, 0) is 32.1 Å². The van der Waals surface area contributed by atoms with E-state index in [0.717, 1.165) is 25.7 Å². The maximum atomic E-state index is 11.9. The van der Waals surface area contributed by atoms with E-state index >= 15 is 0 Å². The van der Waals surface area contributed by atoms with Gasteiger partial charge in [-0.25, -0.2) is 0 Å². The second kappa shape index (κ2) is 20.5. The molecule has 1 atom stereocenters. The largest absolute Gasteiger partial charge is 0.466 e. The summed E-state index contributed by atoms with van der Waals surface area (Å²) in [6.07, 6.45) is 24.9. The van der Waals surface area contributed by atoms with Gasteiger partial charge in [0.05, 0.1) is 19.4 Å². The molecule has 0 aromatic carbocycles. The molecule has 0 spiro atoms. The van der Waals surface area contributed by atoms with Crippen LogP contribution in [0.1, 0.15) is 149 Å². The highest BCUT2D eigenvalue weighted by molar-refractivity contribution is 5.77. The van der Waals surface area contributed by atoms with Crippen molar-refractivity contribution in [2.45, 2.75) is 155 Å². The first-order valence-electron chi connectivity index (χ1n) is 14.0. The van der Waals surface area contributed by atoms with Crippen LogP contribution in [0.2, 0.25) is 0 Å². The van der Waals surface area contributed by atoms with E-state index in [1.54, 1.807) is 0 Å². The molecule has 32 heavy (non-hydrogen) atoms. The first kappa shape index (κ1) is 29.0. The van der Waals surface area contributed by atoms with Crippen LogP contribution in [0, 0.1) is 5.92 Å². The van der Waals surface area contributed by atoms with Gasteiger partial charge >= 0.3 is 11.9 Å². The average Bonchev–Trinajstić information content (AvgIpc) is 3.32. The molecule has 0 N–H and O–H groups in total. The molecular formula is C28H52O4. The molecule has 1 aliphatic carbocycles. The maximum Gasteiger partial charge on any atom is 0.306 e. The molecule has 0 aromatic rings. The zero-order chi connectivity index (χ0) is 23.3. The van der Waals surface area contributed by atoms with E-state index in [9.17, 15) is 9.59 Å². The van der Waals surface area contributed by atoms with Gasteiger partial charge in [0.2, 0.25) is 0 Å². The van der Waals surface area contributed by atoms with Crippen LogP contribution in [-0.2, 0) is 19.1 Å². The van der Waals surface area contributed by atoms with Gasteiger partial charge in [-0.2, -0.15) is 0 Å². The van der Waals surface area contributed by atoms with Gasteiger partial charge in [-0.15, -0.1) is 0 Å². The second-order valence-electron chi connectivity index (χ2n) is 9.91. The lowest BCUT2D eigenvalue weighted by molar-refractivity contribution is -0.154. The SMILES string of the molecule is CCCCCCCCCCCCCCCCCOC(=O)CCC(=O)OC(C)C1CCCC1. The summed E-state index contributed by atoms with van der Waals surface area (Å²) in [6.45, 7) is 4.73. The average molecular weight is 453 g/mol. The van der Waals surface area contributed by atoms with Crippen molar-refractivity contribution >= 4 is 11.9 Å². The van der Waals surface area contributed by atoms with Crippen LogP contribution in [0.15, 0.2) is 0 Å². The van der Waals surface area contributed by atoms with Crippen molar-refractivity contribution in [2.24, 2.45) is 5.92 Å². The zero-order valence-corrected chi connectivity index (χ0v) is 21.3. The van der Waals surface area contributed by atoms with E-state index in [-0.39, 0.29) is 30.9 Å². The number of unbranched alkanes of at least 4 members (excludes halogenated alkanes) is 14. The van der Waals surface area contributed by atoms with Gasteiger partial charge in [0.15, 0.2) is 0 Å². The number of rotatable bonds is 21. The predicted octanol–water partition coefficient (Wildman–Crippen LogP) is 8.30. The summed E-state index contributed by atoms with van der Waals surface area (Å²) < 4.78 is 10.7. The van der Waals surface area contributed by atoms with E-state index in [0.29, 0.717) is 12.5 Å². The molecule has 0 bridgehead atoms. The summed E-state index contributed by atoms with van der Waals surface area (Å²) >= 11 is 0. The van der Waals surface area contributed by atoms with Crippen LogP contribution in [-0.4, -0.2) is 24.6 Å². The van der Waals surface area contributed by atoms with Crippen molar-refractivity contribution in [3.8, 4) is 0 Å². The number of carbonyl (C=O) groups is 2. The van der Waals surface area contributed by atoms with Crippen LogP contribution in [0.5, 0.6) is 0 Å². The van der Waals surface area contributed by atoms with Crippen LogP contribution in [0.3, 0.4) is 0 Å². The Balaban J connectivity index is 1.80. The molecule has 0 aliphatic heterocycles. The standard InChI is InChI=1S/C28H52O4/c1-3-4-5-6-7-8-9-10-11-12-13-14-15-16-19-24-31-27(29)22-23-28(30)32-25(2)26-20-17-18-21-26/h25-26H,3-24H2,1-2H3. The monoisotopic (exact) mass is 452 g/mol. The summed E-state index contributed by atoms with van der Waals surface area (Å²) in [5.41, 5.74) is 0. The molecule has 1 saturated carbocycles. The van der Waals surface area contributed by atoms with Crippen molar-refractivity contribution in [2.75, 3.05) is 6.61 Å². The molecule has 0 heterocycles. The third-order valence-corrected chi connectivity index (χ3v) is 6.93. The molecule has 0 radical (unpaired) electrons. The summed E-state index contributed by atoms with van der Waals surface area (Å²) in [7, 11) is 0. The Kier molecular flexibility index (Phi) is 18.6. The fourth-order valence-corrected chi connectivity index (χ4v) is 4.72.